The van der Waals surface area contributed by atoms with Crippen molar-refractivity contribution in [2.45, 2.75) is 13.1 Å². The number of thiophene rings is 1. The lowest BCUT2D eigenvalue weighted by molar-refractivity contribution is 0.136. The van der Waals surface area contributed by atoms with Crippen LogP contribution in [-0.4, -0.2) is 40.3 Å². The van der Waals surface area contributed by atoms with Gasteiger partial charge in [-0.25, -0.2) is 4.98 Å². The van der Waals surface area contributed by atoms with Crippen LogP contribution in [0.4, 0.5) is 0 Å². The van der Waals surface area contributed by atoms with Crippen molar-refractivity contribution in [3.63, 3.8) is 0 Å². The van der Waals surface area contributed by atoms with Crippen LogP contribution in [0.25, 0.3) is 21.5 Å². The van der Waals surface area contributed by atoms with Crippen LogP contribution in [-0.2, 0) is 17.8 Å². The van der Waals surface area contributed by atoms with Gasteiger partial charge in [0.15, 0.2) is 5.76 Å². The molecule has 1 aromatic carbocycles. The Kier molecular flexibility index (Phi) is 5.61. The number of para-hydroxylation sites is 1. The van der Waals surface area contributed by atoms with E-state index in [1.54, 1.807) is 24.5 Å². The van der Waals surface area contributed by atoms with Gasteiger partial charge < -0.3 is 14.2 Å². The predicted octanol–water partition coefficient (Wildman–Crippen LogP) is 3.29. The summed E-state index contributed by atoms with van der Waals surface area (Å²) in [4.78, 5) is 23.0. The van der Waals surface area contributed by atoms with Gasteiger partial charge >= 0.3 is 0 Å². The Morgan fingerprint density at radius 2 is 2.11 bits per heavy atom. The van der Waals surface area contributed by atoms with E-state index in [1.165, 1.54) is 0 Å². The van der Waals surface area contributed by atoms with Crippen LogP contribution in [0.3, 0.4) is 0 Å². The van der Waals surface area contributed by atoms with E-state index in [0.29, 0.717) is 43.0 Å². The minimum atomic E-state index is -0.131. The lowest BCUT2D eigenvalue weighted by Gasteiger charge is -2.20. The molecule has 0 atom stereocenters. The van der Waals surface area contributed by atoms with Gasteiger partial charge in [0.25, 0.3) is 5.56 Å². The first kappa shape index (κ1) is 18.5. The number of nitrogens with one attached hydrogen (secondary N) is 1. The molecule has 144 valence electrons. The molecule has 0 amide bonds. The smallest absolute Gasteiger partial charge is 0.258 e. The molecule has 0 aliphatic carbocycles. The van der Waals surface area contributed by atoms with Crippen LogP contribution < -0.4 is 5.56 Å². The summed E-state index contributed by atoms with van der Waals surface area (Å²) in [5.41, 5.74) is 1.38. The van der Waals surface area contributed by atoms with Gasteiger partial charge in [-0.2, -0.15) is 0 Å². The van der Waals surface area contributed by atoms with Crippen molar-refractivity contribution >= 4 is 22.2 Å². The third-order valence-corrected chi connectivity index (χ3v) is 5.24. The molecule has 8 heteroatoms. The van der Waals surface area contributed by atoms with Crippen molar-refractivity contribution in [1.82, 2.24) is 20.0 Å². The van der Waals surface area contributed by atoms with E-state index in [2.05, 4.69) is 20.0 Å². The third kappa shape index (κ3) is 4.19. The maximum Gasteiger partial charge on any atom is 0.258 e. The molecule has 0 spiro atoms. The van der Waals surface area contributed by atoms with Crippen molar-refractivity contribution < 1.29 is 9.26 Å². The summed E-state index contributed by atoms with van der Waals surface area (Å²) in [5, 5.41) is 6.78. The fourth-order valence-electron chi connectivity index (χ4n) is 3.01. The second-order valence-electron chi connectivity index (χ2n) is 6.39. The second kappa shape index (κ2) is 8.47. The van der Waals surface area contributed by atoms with Gasteiger partial charge in [0, 0.05) is 26.3 Å². The quantitative estimate of drug-likeness (QED) is 0.492. The van der Waals surface area contributed by atoms with E-state index >= 15 is 0 Å². The van der Waals surface area contributed by atoms with Crippen molar-refractivity contribution in [3.8, 4) is 10.6 Å². The number of rotatable bonds is 8. The fourth-order valence-corrected chi connectivity index (χ4v) is 3.68. The summed E-state index contributed by atoms with van der Waals surface area (Å²) < 4.78 is 10.7. The first-order valence-electron chi connectivity index (χ1n) is 8.91. The standard InChI is InChI=1S/C20H20N4O3S/c1-26-9-8-24(12-14-11-17(27-23-14)18-7-4-10-28-18)13-19-21-16-6-3-2-5-15(16)20(25)22-19/h2-7,10-11H,8-9,12-13H2,1H3,(H,21,22,25). The Balaban J connectivity index is 1.54. The summed E-state index contributed by atoms with van der Waals surface area (Å²) >= 11 is 1.61. The molecule has 1 N–H and O–H groups in total. The lowest BCUT2D eigenvalue weighted by Crippen LogP contribution is -2.28. The van der Waals surface area contributed by atoms with Crippen molar-refractivity contribution in [2.24, 2.45) is 0 Å². The van der Waals surface area contributed by atoms with E-state index in [4.69, 9.17) is 9.26 Å². The number of nitrogens with zero attached hydrogens (tertiary/aromatic N) is 3. The van der Waals surface area contributed by atoms with Gasteiger partial charge in [-0.05, 0) is 23.6 Å². The highest BCUT2D eigenvalue weighted by Gasteiger charge is 2.14. The van der Waals surface area contributed by atoms with E-state index in [9.17, 15) is 4.79 Å². The zero-order valence-electron chi connectivity index (χ0n) is 15.4. The summed E-state index contributed by atoms with van der Waals surface area (Å²) in [5.74, 6) is 1.37. The van der Waals surface area contributed by atoms with E-state index in [-0.39, 0.29) is 5.56 Å². The zero-order valence-corrected chi connectivity index (χ0v) is 16.2. The van der Waals surface area contributed by atoms with Crippen LogP contribution in [0.2, 0.25) is 0 Å². The number of methoxy groups -OCH3 is 1. The Hall–Kier alpha value is -2.81. The maximum atomic E-state index is 12.3. The topological polar surface area (TPSA) is 84.2 Å². The molecule has 4 rings (SSSR count). The molecule has 7 nitrogen and oxygen atoms in total. The highest BCUT2D eigenvalue weighted by molar-refractivity contribution is 7.13. The zero-order chi connectivity index (χ0) is 19.3. The molecule has 0 aliphatic rings. The Morgan fingerprint density at radius 3 is 2.93 bits per heavy atom. The molecule has 0 saturated heterocycles. The summed E-state index contributed by atoms with van der Waals surface area (Å²) in [7, 11) is 1.67. The number of benzene rings is 1. The van der Waals surface area contributed by atoms with Gasteiger partial charge in [0.05, 0.1) is 34.6 Å². The number of hydrogen-bond acceptors (Lipinski definition) is 7. The molecule has 0 unspecified atom stereocenters. The molecule has 28 heavy (non-hydrogen) atoms. The number of fused-ring (bicyclic) bond motifs is 1. The largest absolute Gasteiger partial charge is 0.383 e. The summed E-state index contributed by atoms with van der Waals surface area (Å²) in [6, 6.07) is 13.3. The van der Waals surface area contributed by atoms with Crippen molar-refractivity contribution in [1.29, 1.82) is 0 Å². The molecular weight excluding hydrogens is 376 g/mol. The first-order chi connectivity index (χ1) is 13.7. The molecule has 0 aliphatic heterocycles. The Labute approximate surface area is 165 Å². The molecule has 0 bridgehead atoms. The monoisotopic (exact) mass is 396 g/mol. The number of aromatic amines is 1. The van der Waals surface area contributed by atoms with E-state index in [0.717, 1.165) is 16.3 Å². The second-order valence-corrected chi connectivity index (χ2v) is 7.34. The highest BCUT2D eigenvalue weighted by Crippen LogP contribution is 2.25. The highest BCUT2D eigenvalue weighted by atomic mass is 32.1. The SMILES string of the molecule is COCCN(Cc1cc(-c2cccs2)on1)Cc1nc2ccccc2c(=O)[nH]1. The van der Waals surface area contributed by atoms with E-state index < -0.39 is 0 Å². The van der Waals surface area contributed by atoms with Gasteiger partial charge in [0.2, 0.25) is 0 Å². The maximum absolute atomic E-state index is 12.3. The van der Waals surface area contributed by atoms with Crippen LogP contribution in [0.15, 0.2) is 57.2 Å². The van der Waals surface area contributed by atoms with Gasteiger partial charge in [0.1, 0.15) is 5.82 Å². The molecule has 0 saturated carbocycles. The summed E-state index contributed by atoms with van der Waals surface area (Å²) in [6.07, 6.45) is 0. The number of hydrogen-bond donors (Lipinski definition) is 1. The Bertz CT molecular complexity index is 1100. The molecule has 0 radical (unpaired) electrons. The first-order valence-corrected chi connectivity index (χ1v) is 9.79. The normalized spacial score (nSPS) is 11.5. The molecule has 0 fully saturated rings. The van der Waals surface area contributed by atoms with Crippen LogP contribution >= 0.6 is 11.3 Å². The minimum absolute atomic E-state index is 0.131. The number of ether oxygens (including phenoxy) is 1. The van der Waals surface area contributed by atoms with Crippen molar-refractivity contribution in [3.05, 3.63) is 69.7 Å². The predicted molar refractivity (Wildman–Crippen MR) is 108 cm³/mol. The average Bonchev–Trinajstić information content (AvgIpc) is 3.38. The van der Waals surface area contributed by atoms with Gasteiger partial charge in [-0.3, -0.25) is 9.69 Å². The van der Waals surface area contributed by atoms with Crippen LogP contribution in [0.1, 0.15) is 11.5 Å². The number of H-pyrrole nitrogens is 1. The minimum Gasteiger partial charge on any atom is -0.383 e. The van der Waals surface area contributed by atoms with Gasteiger partial charge in [-0.1, -0.05) is 23.4 Å². The lowest BCUT2D eigenvalue weighted by atomic mass is 10.2. The summed E-state index contributed by atoms with van der Waals surface area (Å²) in [6.45, 7) is 2.28. The van der Waals surface area contributed by atoms with E-state index in [1.807, 2.05) is 41.8 Å². The average molecular weight is 396 g/mol. The molecular formula is C20H20N4O3S. The molecule has 3 heterocycles. The third-order valence-electron chi connectivity index (χ3n) is 4.36. The number of aromatic nitrogens is 3. The van der Waals surface area contributed by atoms with Gasteiger partial charge in [-0.15, -0.1) is 11.3 Å². The van der Waals surface area contributed by atoms with Crippen LogP contribution in [0, 0.1) is 0 Å². The molecule has 3 aromatic heterocycles. The van der Waals surface area contributed by atoms with Crippen molar-refractivity contribution in [2.75, 3.05) is 20.3 Å². The fraction of sp³-hybridized carbons (Fsp3) is 0.250. The Morgan fingerprint density at radius 1 is 1.21 bits per heavy atom. The molecule has 4 aromatic rings. The van der Waals surface area contributed by atoms with Crippen LogP contribution in [0.5, 0.6) is 0 Å².